The summed E-state index contributed by atoms with van der Waals surface area (Å²) >= 11 is 3.42. The molecule has 1 aromatic rings. The van der Waals surface area contributed by atoms with E-state index in [2.05, 4.69) is 21.2 Å². The number of fused-ring (bicyclic) bond motifs is 1. The van der Waals surface area contributed by atoms with E-state index in [4.69, 9.17) is 0 Å². The first-order valence-corrected chi connectivity index (χ1v) is 5.72. The fourth-order valence-electron chi connectivity index (χ4n) is 1.93. The molecule has 1 aromatic carbocycles. The monoisotopic (exact) mass is 268 g/mol. The van der Waals surface area contributed by atoms with Crippen LogP contribution in [0, 0.1) is 0 Å². The molecule has 0 bridgehead atoms. The van der Waals surface area contributed by atoms with Gasteiger partial charge in [0.15, 0.2) is 0 Å². The number of hydrogen-bond acceptors (Lipinski definition) is 2. The molecule has 0 aromatic heterocycles. The van der Waals surface area contributed by atoms with Crippen LogP contribution in [0.1, 0.15) is 13.8 Å². The number of nitrogens with one attached hydrogen (secondary N) is 1. The van der Waals surface area contributed by atoms with Crippen molar-refractivity contribution in [3.63, 3.8) is 0 Å². The maximum absolute atomic E-state index is 11.5. The Morgan fingerprint density at radius 3 is 3.00 bits per heavy atom. The molecule has 0 fully saturated rings. The summed E-state index contributed by atoms with van der Waals surface area (Å²) in [7, 11) is 0. The Morgan fingerprint density at radius 1 is 1.60 bits per heavy atom. The second-order valence-corrected chi connectivity index (χ2v) is 4.70. The van der Waals surface area contributed by atoms with Gasteiger partial charge in [0.2, 0.25) is 5.91 Å². The largest absolute Gasteiger partial charge is 0.381 e. The Labute approximate surface area is 97.6 Å². The average Bonchev–Trinajstić information content (AvgIpc) is 2.17. The van der Waals surface area contributed by atoms with Gasteiger partial charge in [-0.15, -0.1) is 0 Å². The number of hydrogen-bond donors (Lipinski definition) is 1. The van der Waals surface area contributed by atoms with E-state index in [-0.39, 0.29) is 11.9 Å². The van der Waals surface area contributed by atoms with E-state index in [1.54, 1.807) is 6.92 Å². The van der Waals surface area contributed by atoms with Crippen molar-refractivity contribution in [3.05, 3.63) is 22.7 Å². The third-order valence-electron chi connectivity index (χ3n) is 2.59. The summed E-state index contributed by atoms with van der Waals surface area (Å²) in [6, 6.07) is 6.12. The van der Waals surface area contributed by atoms with Gasteiger partial charge in [-0.05, 0) is 25.1 Å². The van der Waals surface area contributed by atoms with Gasteiger partial charge in [0, 0.05) is 17.9 Å². The maximum Gasteiger partial charge on any atom is 0.224 e. The molecule has 1 amide bonds. The first-order valence-electron chi connectivity index (χ1n) is 4.93. The Morgan fingerprint density at radius 2 is 2.33 bits per heavy atom. The van der Waals surface area contributed by atoms with Crippen LogP contribution in [-0.4, -0.2) is 18.5 Å². The van der Waals surface area contributed by atoms with Gasteiger partial charge in [0.1, 0.15) is 0 Å². The molecule has 1 heterocycles. The lowest BCUT2D eigenvalue weighted by atomic mass is 10.1. The smallest absolute Gasteiger partial charge is 0.224 e. The fourth-order valence-corrected chi connectivity index (χ4v) is 2.29. The quantitative estimate of drug-likeness (QED) is 0.785. The second kappa shape index (κ2) is 3.85. The minimum atomic E-state index is 0.0903. The molecular weight excluding hydrogens is 256 g/mol. The van der Waals surface area contributed by atoms with Gasteiger partial charge < -0.3 is 10.2 Å². The molecule has 80 valence electrons. The van der Waals surface area contributed by atoms with Gasteiger partial charge in [0.25, 0.3) is 0 Å². The van der Waals surface area contributed by atoms with Gasteiger partial charge in [-0.1, -0.05) is 15.9 Å². The molecule has 15 heavy (non-hydrogen) atoms. The van der Waals surface area contributed by atoms with E-state index in [1.807, 2.05) is 30.0 Å². The van der Waals surface area contributed by atoms with Crippen LogP contribution in [-0.2, 0) is 4.79 Å². The first-order chi connectivity index (χ1) is 7.09. The van der Waals surface area contributed by atoms with Gasteiger partial charge in [0.05, 0.1) is 17.4 Å². The highest BCUT2D eigenvalue weighted by molar-refractivity contribution is 9.10. The molecule has 0 spiro atoms. The zero-order valence-corrected chi connectivity index (χ0v) is 10.3. The average molecular weight is 269 g/mol. The minimum Gasteiger partial charge on any atom is -0.381 e. The molecule has 2 rings (SSSR count). The summed E-state index contributed by atoms with van der Waals surface area (Å²) in [5.74, 6) is 0.0903. The van der Waals surface area contributed by atoms with Crippen LogP contribution >= 0.6 is 15.9 Å². The Balaban J connectivity index is 2.48. The van der Waals surface area contributed by atoms with Crippen molar-refractivity contribution in [3.8, 4) is 0 Å². The minimum absolute atomic E-state index is 0.0903. The molecule has 1 unspecified atom stereocenters. The lowest BCUT2D eigenvalue weighted by Crippen LogP contribution is -2.44. The summed E-state index contributed by atoms with van der Waals surface area (Å²) in [5, 5.41) is 3.31. The van der Waals surface area contributed by atoms with Crippen molar-refractivity contribution >= 4 is 33.2 Å². The molecule has 0 radical (unpaired) electrons. The highest BCUT2D eigenvalue weighted by Gasteiger charge is 2.25. The van der Waals surface area contributed by atoms with Crippen LogP contribution in [0.15, 0.2) is 22.7 Å². The van der Waals surface area contributed by atoms with E-state index < -0.39 is 0 Å². The van der Waals surface area contributed by atoms with E-state index in [0.717, 1.165) is 22.4 Å². The van der Waals surface area contributed by atoms with Gasteiger partial charge in [-0.2, -0.15) is 0 Å². The molecular formula is C11H13BrN2O. The normalized spacial score (nSPS) is 19.4. The number of halogens is 1. The van der Waals surface area contributed by atoms with Gasteiger partial charge in [-0.3, -0.25) is 4.79 Å². The number of anilines is 2. The SMILES string of the molecule is CC(=O)N1c2ccc(Br)cc2NCC1C. The Kier molecular flexibility index (Phi) is 2.69. The molecule has 0 aliphatic carbocycles. The van der Waals surface area contributed by atoms with Crippen LogP contribution < -0.4 is 10.2 Å². The molecule has 4 heteroatoms. The maximum atomic E-state index is 11.5. The van der Waals surface area contributed by atoms with Crippen LogP contribution in [0.4, 0.5) is 11.4 Å². The third-order valence-corrected chi connectivity index (χ3v) is 3.08. The van der Waals surface area contributed by atoms with E-state index in [1.165, 1.54) is 0 Å². The summed E-state index contributed by atoms with van der Waals surface area (Å²) in [4.78, 5) is 13.4. The molecule has 0 saturated heterocycles. The summed E-state index contributed by atoms with van der Waals surface area (Å²) in [5.41, 5.74) is 1.97. The van der Waals surface area contributed by atoms with Crippen LogP contribution in [0.3, 0.4) is 0 Å². The number of rotatable bonds is 0. The summed E-state index contributed by atoms with van der Waals surface area (Å²) in [6.07, 6.45) is 0. The summed E-state index contributed by atoms with van der Waals surface area (Å²) in [6.45, 7) is 4.44. The number of nitrogens with zero attached hydrogens (tertiary/aromatic N) is 1. The molecule has 0 saturated carbocycles. The Bertz CT molecular complexity index is 406. The van der Waals surface area contributed by atoms with Crippen LogP contribution in [0.2, 0.25) is 0 Å². The topological polar surface area (TPSA) is 32.3 Å². The summed E-state index contributed by atoms with van der Waals surface area (Å²) < 4.78 is 1.02. The molecule has 3 nitrogen and oxygen atoms in total. The van der Waals surface area contributed by atoms with Crippen LogP contribution in [0.5, 0.6) is 0 Å². The van der Waals surface area contributed by atoms with Gasteiger partial charge >= 0.3 is 0 Å². The number of benzene rings is 1. The highest BCUT2D eigenvalue weighted by atomic mass is 79.9. The zero-order valence-electron chi connectivity index (χ0n) is 8.75. The fraction of sp³-hybridized carbons (Fsp3) is 0.364. The van der Waals surface area contributed by atoms with Crippen LogP contribution in [0.25, 0.3) is 0 Å². The van der Waals surface area contributed by atoms with Crippen molar-refractivity contribution < 1.29 is 4.79 Å². The highest BCUT2D eigenvalue weighted by Crippen LogP contribution is 2.33. The van der Waals surface area contributed by atoms with E-state index >= 15 is 0 Å². The first kappa shape index (κ1) is 10.5. The third kappa shape index (κ3) is 1.86. The van der Waals surface area contributed by atoms with E-state index in [0.29, 0.717) is 0 Å². The van der Waals surface area contributed by atoms with E-state index in [9.17, 15) is 4.79 Å². The number of carbonyl (C=O) groups is 1. The number of amides is 1. The van der Waals surface area contributed by atoms with Crippen molar-refractivity contribution in [2.24, 2.45) is 0 Å². The molecule has 1 N–H and O–H groups in total. The molecule has 1 aliphatic heterocycles. The Hall–Kier alpha value is -1.03. The number of carbonyl (C=O) groups excluding carboxylic acids is 1. The van der Waals surface area contributed by atoms with Gasteiger partial charge in [-0.25, -0.2) is 0 Å². The lowest BCUT2D eigenvalue weighted by molar-refractivity contribution is -0.116. The lowest BCUT2D eigenvalue weighted by Gasteiger charge is -2.35. The van der Waals surface area contributed by atoms with Crippen molar-refractivity contribution in [2.45, 2.75) is 19.9 Å². The predicted octanol–water partition coefficient (Wildman–Crippen LogP) is 2.62. The standard InChI is InChI=1S/C11H13BrN2O/c1-7-6-13-10-5-9(12)3-4-11(10)14(7)8(2)15/h3-5,7,13H,6H2,1-2H3. The zero-order chi connectivity index (χ0) is 11.0. The molecule has 1 aliphatic rings. The molecule has 1 atom stereocenters. The van der Waals surface area contributed by atoms with Crippen molar-refractivity contribution in [2.75, 3.05) is 16.8 Å². The predicted molar refractivity (Wildman–Crippen MR) is 65.3 cm³/mol. The van der Waals surface area contributed by atoms with Crippen molar-refractivity contribution in [1.82, 2.24) is 0 Å². The second-order valence-electron chi connectivity index (χ2n) is 3.78. The van der Waals surface area contributed by atoms with Crippen molar-refractivity contribution in [1.29, 1.82) is 0 Å².